The number of benzene rings is 1. The molecule has 86 valence electrons. The number of piperidine rings is 1. The maximum absolute atomic E-state index is 11.8. The van der Waals surface area contributed by atoms with Crippen molar-refractivity contribution in [3.05, 3.63) is 35.9 Å². The molecule has 16 heavy (non-hydrogen) atoms. The average molecular weight is 219 g/mol. The van der Waals surface area contributed by atoms with Gasteiger partial charge in [-0.3, -0.25) is 4.79 Å². The van der Waals surface area contributed by atoms with Crippen molar-refractivity contribution in [2.75, 3.05) is 13.1 Å². The molecule has 3 N–H and O–H groups in total. The van der Waals surface area contributed by atoms with Crippen molar-refractivity contribution in [2.24, 2.45) is 5.92 Å². The summed E-state index contributed by atoms with van der Waals surface area (Å²) in [7, 11) is 0. The highest BCUT2D eigenvalue weighted by molar-refractivity contribution is 5.78. The molecule has 0 atom stereocenters. The Kier molecular flexibility index (Phi) is 3.94. The van der Waals surface area contributed by atoms with Gasteiger partial charge in [0.1, 0.15) is 0 Å². The highest BCUT2D eigenvalue weighted by atomic mass is 16.1. The van der Waals surface area contributed by atoms with E-state index in [1.165, 1.54) is 5.56 Å². The quantitative estimate of drug-likeness (QED) is 0.753. The van der Waals surface area contributed by atoms with E-state index in [4.69, 9.17) is 0 Å². The molecule has 1 fully saturated rings. The van der Waals surface area contributed by atoms with Crippen molar-refractivity contribution < 1.29 is 10.1 Å². The Morgan fingerprint density at radius 1 is 1.25 bits per heavy atom. The molecule has 0 spiro atoms. The van der Waals surface area contributed by atoms with Crippen molar-refractivity contribution in [2.45, 2.75) is 19.4 Å². The summed E-state index contributed by atoms with van der Waals surface area (Å²) in [4.78, 5) is 11.8. The normalized spacial score (nSPS) is 17.0. The van der Waals surface area contributed by atoms with Gasteiger partial charge >= 0.3 is 0 Å². The fourth-order valence-electron chi connectivity index (χ4n) is 2.12. The molecule has 0 aliphatic carbocycles. The van der Waals surface area contributed by atoms with Crippen molar-refractivity contribution in [3.63, 3.8) is 0 Å². The van der Waals surface area contributed by atoms with Gasteiger partial charge in [-0.05, 0) is 5.56 Å². The zero-order chi connectivity index (χ0) is 11.2. The molecule has 0 saturated carbocycles. The van der Waals surface area contributed by atoms with E-state index in [9.17, 15) is 4.79 Å². The molecule has 1 amide bonds. The summed E-state index contributed by atoms with van der Waals surface area (Å²) in [5, 5.41) is 5.29. The van der Waals surface area contributed by atoms with E-state index in [0.29, 0.717) is 6.54 Å². The van der Waals surface area contributed by atoms with Crippen LogP contribution < -0.4 is 10.6 Å². The largest absolute Gasteiger partial charge is 0.352 e. The second-order valence-corrected chi connectivity index (χ2v) is 4.34. The molecule has 1 heterocycles. The minimum atomic E-state index is 0.219. The maximum Gasteiger partial charge on any atom is 0.223 e. The molecule has 1 aromatic carbocycles. The van der Waals surface area contributed by atoms with Crippen LogP contribution >= 0.6 is 0 Å². The maximum atomic E-state index is 11.8. The van der Waals surface area contributed by atoms with E-state index in [1.54, 1.807) is 0 Å². The lowest BCUT2D eigenvalue weighted by Crippen LogP contribution is -2.86. The molecule has 3 nitrogen and oxygen atoms in total. The second kappa shape index (κ2) is 5.66. The summed E-state index contributed by atoms with van der Waals surface area (Å²) >= 11 is 0. The number of nitrogens with two attached hydrogens (primary N) is 1. The number of carbonyl (C=O) groups excluding carboxylic acids is 1. The number of nitrogens with one attached hydrogen (secondary N) is 1. The van der Waals surface area contributed by atoms with Crippen molar-refractivity contribution in [1.82, 2.24) is 5.32 Å². The molecular weight excluding hydrogens is 200 g/mol. The fraction of sp³-hybridized carbons (Fsp3) is 0.462. The van der Waals surface area contributed by atoms with Gasteiger partial charge in [-0.25, -0.2) is 0 Å². The molecule has 0 unspecified atom stereocenters. The number of hydrogen-bond donors (Lipinski definition) is 2. The van der Waals surface area contributed by atoms with Crippen molar-refractivity contribution in [1.29, 1.82) is 0 Å². The van der Waals surface area contributed by atoms with Gasteiger partial charge in [-0.2, -0.15) is 0 Å². The SMILES string of the molecule is O=C(NCc1ccccc1)C1CC[NH2+]CC1. The topological polar surface area (TPSA) is 45.7 Å². The molecule has 1 aromatic rings. The Morgan fingerprint density at radius 2 is 1.94 bits per heavy atom. The highest BCUT2D eigenvalue weighted by Gasteiger charge is 2.22. The van der Waals surface area contributed by atoms with Gasteiger partial charge in [-0.1, -0.05) is 30.3 Å². The lowest BCUT2D eigenvalue weighted by Gasteiger charge is -2.19. The van der Waals surface area contributed by atoms with Crippen LogP contribution in [0, 0.1) is 5.92 Å². The number of hydrogen-bond acceptors (Lipinski definition) is 1. The van der Waals surface area contributed by atoms with E-state index in [0.717, 1.165) is 25.9 Å². The van der Waals surface area contributed by atoms with E-state index in [1.807, 2.05) is 30.3 Å². The summed E-state index contributed by atoms with van der Waals surface area (Å²) in [5.41, 5.74) is 1.17. The van der Waals surface area contributed by atoms with Crippen LogP contribution in [0.4, 0.5) is 0 Å². The number of quaternary nitrogens is 1. The third-order valence-electron chi connectivity index (χ3n) is 3.12. The van der Waals surface area contributed by atoms with Gasteiger partial charge in [0.15, 0.2) is 0 Å². The lowest BCUT2D eigenvalue weighted by atomic mass is 9.97. The lowest BCUT2D eigenvalue weighted by molar-refractivity contribution is -0.664. The fourth-order valence-corrected chi connectivity index (χ4v) is 2.12. The molecule has 2 rings (SSSR count). The highest BCUT2D eigenvalue weighted by Crippen LogP contribution is 2.09. The van der Waals surface area contributed by atoms with Crippen LogP contribution in [0.25, 0.3) is 0 Å². The minimum Gasteiger partial charge on any atom is -0.352 e. The average Bonchev–Trinajstić information content (AvgIpc) is 2.38. The second-order valence-electron chi connectivity index (χ2n) is 4.34. The van der Waals surface area contributed by atoms with E-state index < -0.39 is 0 Å². The standard InChI is InChI=1S/C13H18N2O/c16-13(12-6-8-14-9-7-12)15-10-11-4-2-1-3-5-11/h1-5,12,14H,6-10H2,(H,15,16)/p+1. The molecule has 1 aliphatic rings. The van der Waals surface area contributed by atoms with Crippen molar-refractivity contribution >= 4 is 5.91 Å². The van der Waals surface area contributed by atoms with Gasteiger partial charge in [-0.15, -0.1) is 0 Å². The van der Waals surface area contributed by atoms with Crippen LogP contribution in [-0.2, 0) is 11.3 Å². The Balaban J connectivity index is 1.79. The van der Waals surface area contributed by atoms with E-state index in [2.05, 4.69) is 10.6 Å². The van der Waals surface area contributed by atoms with Gasteiger partial charge in [0, 0.05) is 25.3 Å². The predicted octanol–water partition coefficient (Wildman–Crippen LogP) is 0.276. The van der Waals surface area contributed by atoms with Crippen LogP contribution in [0.2, 0.25) is 0 Å². The first-order valence-electron chi connectivity index (χ1n) is 5.99. The number of amides is 1. The third-order valence-corrected chi connectivity index (χ3v) is 3.12. The molecule has 0 bridgehead atoms. The van der Waals surface area contributed by atoms with Gasteiger partial charge in [0.05, 0.1) is 13.1 Å². The summed E-state index contributed by atoms with van der Waals surface area (Å²) in [6.45, 7) is 2.83. The smallest absolute Gasteiger partial charge is 0.223 e. The van der Waals surface area contributed by atoms with Crippen LogP contribution in [0.15, 0.2) is 30.3 Å². The molecule has 1 saturated heterocycles. The Morgan fingerprint density at radius 3 is 2.62 bits per heavy atom. The predicted molar refractivity (Wildman–Crippen MR) is 62.7 cm³/mol. The monoisotopic (exact) mass is 219 g/mol. The zero-order valence-corrected chi connectivity index (χ0v) is 9.49. The summed E-state index contributed by atoms with van der Waals surface area (Å²) in [5.74, 6) is 0.450. The molecular formula is C13H19N2O+. The van der Waals surface area contributed by atoms with Crippen LogP contribution in [0.3, 0.4) is 0 Å². The Bertz CT molecular complexity index is 331. The van der Waals surface area contributed by atoms with E-state index >= 15 is 0 Å². The summed E-state index contributed by atoms with van der Waals surface area (Å²) in [6.07, 6.45) is 2.03. The van der Waals surface area contributed by atoms with E-state index in [-0.39, 0.29) is 11.8 Å². The van der Waals surface area contributed by atoms with Crippen LogP contribution in [-0.4, -0.2) is 19.0 Å². The molecule has 0 radical (unpaired) electrons. The molecule has 0 aromatic heterocycles. The van der Waals surface area contributed by atoms with Gasteiger partial charge < -0.3 is 10.6 Å². The first kappa shape index (κ1) is 11.1. The first-order chi connectivity index (χ1) is 7.86. The van der Waals surface area contributed by atoms with Crippen molar-refractivity contribution in [3.8, 4) is 0 Å². The molecule has 1 aliphatic heterocycles. The summed E-state index contributed by atoms with van der Waals surface area (Å²) < 4.78 is 0. The Hall–Kier alpha value is -1.35. The van der Waals surface area contributed by atoms with Gasteiger partial charge in [0.2, 0.25) is 5.91 Å². The van der Waals surface area contributed by atoms with Crippen LogP contribution in [0.1, 0.15) is 18.4 Å². The first-order valence-corrected chi connectivity index (χ1v) is 5.99. The minimum absolute atomic E-state index is 0.219. The Labute approximate surface area is 96.2 Å². The zero-order valence-electron chi connectivity index (χ0n) is 9.49. The number of rotatable bonds is 3. The molecule has 3 heteroatoms. The van der Waals surface area contributed by atoms with Crippen LogP contribution in [0.5, 0.6) is 0 Å². The summed E-state index contributed by atoms with van der Waals surface area (Å²) in [6, 6.07) is 10.1. The van der Waals surface area contributed by atoms with Gasteiger partial charge in [0.25, 0.3) is 0 Å². The third kappa shape index (κ3) is 3.07. The number of carbonyl (C=O) groups is 1.